The molecule has 3 aromatic rings. The summed E-state index contributed by atoms with van der Waals surface area (Å²) in [6.07, 6.45) is 5.92. The van der Waals surface area contributed by atoms with Crippen LogP contribution >= 0.6 is 23.2 Å². The van der Waals surface area contributed by atoms with Crippen molar-refractivity contribution in [3.63, 3.8) is 0 Å². The average molecular weight is 426 g/mol. The molecule has 2 aromatic carbocycles. The van der Waals surface area contributed by atoms with Gasteiger partial charge in [-0.15, -0.1) is 0 Å². The summed E-state index contributed by atoms with van der Waals surface area (Å²) >= 11 is 12.9. The largest absolute Gasteiger partial charge is 0.352 e. The molecule has 1 aliphatic carbocycles. The van der Waals surface area contributed by atoms with Gasteiger partial charge >= 0.3 is 0 Å². The van der Waals surface area contributed by atoms with E-state index in [2.05, 4.69) is 60.1 Å². The van der Waals surface area contributed by atoms with Gasteiger partial charge in [-0.25, -0.2) is 4.98 Å². The fourth-order valence-electron chi connectivity index (χ4n) is 3.76. The van der Waals surface area contributed by atoms with Crippen molar-refractivity contribution in [2.75, 3.05) is 5.32 Å². The number of fused-ring (bicyclic) bond motifs is 1. The second-order valence-electron chi connectivity index (χ2n) is 7.42. The Kier molecular flexibility index (Phi) is 5.98. The summed E-state index contributed by atoms with van der Waals surface area (Å²) < 4.78 is 2.33. The van der Waals surface area contributed by atoms with Gasteiger partial charge in [0.2, 0.25) is 0 Å². The molecule has 0 radical (unpaired) electrons. The van der Waals surface area contributed by atoms with Crippen molar-refractivity contribution in [2.24, 2.45) is 0 Å². The molecular weight excluding hydrogens is 401 g/mol. The lowest BCUT2D eigenvalue weighted by Gasteiger charge is -2.17. The summed E-state index contributed by atoms with van der Waals surface area (Å²) in [5, 5.41) is 4.89. The molecule has 0 amide bonds. The highest BCUT2D eigenvalue weighted by molar-refractivity contribution is 6.36. The summed E-state index contributed by atoms with van der Waals surface area (Å²) in [7, 11) is 0. The van der Waals surface area contributed by atoms with E-state index in [9.17, 15) is 0 Å². The molecule has 0 atom stereocenters. The number of benzene rings is 2. The number of nitrogens with zero attached hydrogens (tertiary/aromatic N) is 2. The number of aromatic nitrogens is 2. The minimum atomic E-state index is 0.669. The Hall–Kier alpha value is -2.23. The Morgan fingerprint density at radius 3 is 2.69 bits per heavy atom. The lowest BCUT2D eigenvalue weighted by Crippen LogP contribution is -2.06. The number of para-hydroxylation sites is 1. The molecule has 0 fully saturated rings. The summed E-state index contributed by atoms with van der Waals surface area (Å²) in [4.78, 5) is 5.08. The summed E-state index contributed by atoms with van der Waals surface area (Å²) in [5.41, 5.74) is 6.16. The highest BCUT2D eigenvalue weighted by Gasteiger charge is 2.19. The smallest absolute Gasteiger partial charge is 0.141 e. The summed E-state index contributed by atoms with van der Waals surface area (Å²) in [6.45, 7) is 5.28. The van der Waals surface area contributed by atoms with Crippen molar-refractivity contribution in [3.8, 4) is 11.4 Å². The van der Waals surface area contributed by atoms with Crippen LogP contribution in [0.15, 0.2) is 64.3 Å². The van der Waals surface area contributed by atoms with Gasteiger partial charge in [-0.3, -0.25) is 0 Å². The minimum Gasteiger partial charge on any atom is -0.352 e. The molecular formula is C24H25Cl2N3. The molecule has 1 N–H and O–H groups in total. The number of aryl methyl sites for hydroxylation is 2. The maximum atomic E-state index is 6.47. The van der Waals surface area contributed by atoms with Crippen molar-refractivity contribution >= 4 is 39.9 Å². The molecule has 3 nitrogen and oxygen atoms in total. The summed E-state index contributed by atoms with van der Waals surface area (Å²) in [5.74, 6) is 1.01. The van der Waals surface area contributed by atoms with Crippen LogP contribution in [0.3, 0.4) is 0 Å². The Morgan fingerprint density at radius 1 is 1.10 bits per heavy atom. The lowest BCUT2D eigenvalue weighted by molar-refractivity contribution is 0.651. The van der Waals surface area contributed by atoms with E-state index in [1.807, 2.05) is 12.1 Å². The topological polar surface area (TPSA) is 29.9 Å². The van der Waals surface area contributed by atoms with Crippen LogP contribution in [0.1, 0.15) is 38.2 Å². The van der Waals surface area contributed by atoms with Crippen LogP contribution in [0.4, 0.5) is 5.69 Å². The monoisotopic (exact) mass is 425 g/mol. The van der Waals surface area contributed by atoms with Crippen LogP contribution in [0, 0.1) is 6.92 Å². The first kappa shape index (κ1) is 20.1. The van der Waals surface area contributed by atoms with Gasteiger partial charge in [0.25, 0.3) is 0 Å². The second-order valence-corrected chi connectivity index (χ2v) is 8.29. The van der Waals surface area contributed by atoms with E-state index in [1.54, 1.807) is 0 Å². The fraction of sp³-hybridized carbons (Fsp3) is 0.292. The van der Waals surface area contributed by atoms with Gasteiger partial charge in [0, 0.05) is 17.1 Å². The molecule has 0 saturated carbocycles. The highest BCUT2D eigenvalue weighted by Crippen LogP contribution is 2.35. The Labute approximate surface area is 182 Å². The van der Waals surface area contributed by atoms with Gasteiger partial charge in [0.15, 0.2) is 0 Å². The molecule has 29 heavy (non-hydrogen) atoms. The van der Waals surface area contributed by atoms with Crippen LogP contribution in [0.25, 0.3) is 22.4 Å². The third-order valence-corrected chi connectivity index (χ3v) is 6.08. The average Bonchev–Trinajstić information content (AvgIpc) is 3.08. The normalized spacial score (nSPS) is 14.4. The van der Waals surface area contributed by atoms with Crippen molar-refractivity contribution in [1.29, 1.82) is 0 Å². The van der Waals surface area contributed by atoms with Gasteiger partial charge in [-0.1, -0.05) is 73.0 Å². The van der Waals surface area contributed by atoms with Gasteiger partial charge in [-0.2, -0.15) is 0 Å². The number of allylic oxidation sites excluding steroid dienone is 3. The van der Waals surface area contributed by atoms with Gasteiger partial charge in [0.05, 0.1) is 21.9 Å². The predicted molar refractivity (Wildman–Crippen MR) is 124 cm³/mol. The zero-order chi connectivity index (χ0) is 20.4. The zero-order valence-electron chi connectivity index (χ0n) is 16.8. The highest BCUT2D eigenvalue weighted by atomic mass is 35.5. The van der Waals surface area contributed by atoms with Gasteiger partial charge in [0.1, 0.15) is 11.3 Å². The van der Waals surface area contributed by atoms with Crippen LogP contribution in [0.2, 0.25) is 0 Å². The first-order chi connectivity index (χ1) is 14.1. The van der Waals surface area contributed by atoms with Gasteiger partial charge in [-0.05, 0) is 43.9 Å². The molecule has 0 spiro atoms. The number of unbranched alkanes of at least 4 members (excludes halogenated alkanes) is 1. The van der Waals surface area contributed by atoms with Gasteiger partial charge < -0.3 is 9.88 Å². The number of rotatable bonds is 6. The van der Waals surface area contributed by atoms with E-state index < -0.39 is 0 Å². The van der Waals surface area contributed by atoms with Crippen LogP contribution in [-0.4, -0.2) is 9.55 Å². The number of halogens is 2. The first-order valence-corrected chi connectivity index (χ1v) is 10.9. The van der Waals surface area contributed by atoms with E-state index in [0.717, 1.165) is 65.5 Å². The predicted octanol–water partition coefficient (Wildman–Crippen LogP) is 7.59. The second kappa shape index (κ2) is 8.64. The molecule has 1 heterocycles. The first-order valence-electron chi connectivity index (χ1n) is 10.2. The molecule has 0 unspecified atom stereocenters. The maximum Gasteiger partial charge on any atom is 0.141 e. The third-order valence-electron chi connectivity index (χ3n) is 5.36. The molecule has 0 aliphatic heterocycles. The lowest BCUT2D eigenvalue weighted by atomic mass is 10.1. The maximum absolute atomic E-state index is 6.47. The van der Waals surface area contributed by atoms with Crippen LogP contribution in [0.5, 0.6) is 0 Å². The van der Waals surface area contributed by atoms with E-state index >= 15 is 0 Å². The van der Waals surface area contributed by atoms with Crippen LogP contribution in [-0.2, 0) is 6.54 Å². The summed E-state index contributed by atoms with van der Waals surface area (Å²) in [6, 6.07) is 14.7. The standard InChI is InChI=1S/C24H25Cl2N3/c1-3-4-15-29-21-14-8-13-20(27-22-18(25)11-7-12-19(22)26)23(21)28-24(29)17-10-6-5-9-16(17)2/h5-6,8-11,13-14,27H,3-4,7,12,15H2,1-2H3. The number of hydrogen-bond acceptors (Lipinski definition) is 2. The minimum absolute atomic E-state index is 0.669. The third kappa shape index (κ3) is 3.94. The van der Waals surface area contributed by atoms with Crippen molar-refractivity contribution < 1.29 is 0 Å². The Balaban J connectivity index is 1.86. The Morgan fingerprint density at radius 2 is 1.93 bits per heavy atom. The number of anilines is 1. The number of hydrogen-bond donors (Lipinski definition) is 1. The number of nitrogens with one attached hydrogen (secondary N) is 1. The quantitative estimate of drug-likeness (QED) is 0.440. The SMILES string of the molecule is CCCCn1c(-c2ccccc2C)nc2c(NC3=C(Cl)CCC=C3Cl)cccc21. The number of imidazole rings is 1. The fourth-order valence-corrected chi connectivity index (χ4v) is 4.34. The molecule has 1 aromatic heterocycles. The van der Waals surface area contributed by atoms with E-state index in [0.29, 0.717) is 5.03 Å². The van der Waals surface area contributed by atoms with Crippen molar-refractivity contribution in [2.45, 2.75) is 46.1 Å². The molecule has 150 valence electrons. The molecule has 0 bridgehead atoms. The van der Waals surface area contributed by atoms with Crippen LogP contribution < -0.4 is 5.32 Å². The van der Waals surface area contributed by atoms with E-state index in [1.165, 1.54) is 11.1 Å². The zero-order valence-corrected chi connectivity index (χ0v) is 18.3. The molecule has 0 saturated heterocycles. The van der Waals surface area contributed by atoms with Crippen molar-refractivity contribution in [1.82, 2.24) is 9.55 Å². The Bertz CT molecular complexity index is 1110. The van der Waals surface area contributed by atoms with Crippen molar-refractivity contribution in [3.05, 3.63) is 69.9 Å². The molecule has 4 rings (SSSR count). The van der Waals surface area contributed by atoms with E-state index in [4.69, 9.17) is 28.2 Å². The molecule has 1 aliphatic rings. The molecule has 5 heteroatoms. The van der Waals surface area contributed by atoms with E-state index in [-0.39, 0.29) is 0 Å².